The molecule has 0 saturated heterocycles. The maximum absolute atomic E-state index is 5.41. The SMILES string of the molecule is Cc1cc(C)n2cnc(CNc3ccc(-c4ccco4)cc3)c2n1. The quantitative estimate of drug-likeness (QED) is 0.612. The van der Waals surface area contributed by atoms with Crippen LogP contribution in [-0.2, 0) is 6.54 Å². The number of aromatic nitrogens is 3. The lowest BCUT2D eigenvalue weighted by atomic mass is 10.1. The number of hydrogen-bond acceptors (Lipinski definition) is 4. The Morgan fingerprint density at radius 3 is 2.71 bits per heavy atom. The number of hydrogen-bond donors (Lipinski definition) is 1. The van der Waals surface area contributed by atoms with Gasteiger partial charge in [0.1, 0.15) is 17.8 Å². The molecule has 0 bridgehead atoms. The van der Waals surface area contributed by atoms with Crippen molar-refractivity contribution < 1.29 is 4.42 Å². The van der Waals surface area contributed by atoms with Crippen molar-refractivity contribution in [2.75, 3.05) is 5.32 Å². The molecular weight excluding hydrogens is 300 g/mol. The topological polar surface area (TPSA) is 55.4 Å². The fourth-order valence-corrected chi connectivity index (χ4v) is 2.83. The Balaban J connectivity index is 1.53. The lowest BCUT2D eigenvalue weighted by Gasteiger charge is -2.06. The van der Waals surface area contributed by atoms with Gasteiger partial charge in [-0.2, -0.15) is 0 Å². The van der Waals surface area contributed by atoms with E-state index in [0.717, 1.165) is 39.7 Å². The summed E-state index contributed by atoms with van der Waals surface area (Å²) in [7, 11) is 0. The van der Waals surface area contributed by atoms with Gasteiger partial charge in [-0.1, -0.05) is 0 Å². The summed E-state index contributed by atoms with van der Waals surface area (Å²) in [5.41, 5.74) is 6.09. The molecule has 0 saturated carbocycles. The van der Waals surface area contributed by atoms with Crippen LogP contribution in [0.1, 0.15) is 17.1 Å². The Labute approximate surface area is 140 Å². The van der Waals surface area contributed by atoms with Crippen molar-refractivity contribution in [2.45, 2.75) is 20.4 Å². The highest BCUT2D eigenvalue weighted by Crippen LogP contribution is 2.22. The van der Waals surface area contributed by atoms with Crippen LogP contribution in [0, 0.1) is 13.8 Å². The second-order valence-corrected chi connectivity index (χ2v) is 5.83. The van der Waals surface area contributed by atoms with Crippen molar-refractivity contribution in [1.82, 2.24) is 14.4 Å². The summed E-state index contributed by atoms with van der Waals surface area (Å²) in [6.45, 7) is 4.70. The summed E-state index contributed by atoms with van der Waals surface area (Å²) in [5, 5.41) is 3.40. The zero-order chi connectivity index (χ0) is 16.5. The molecule has 24 heavy (non-hydrogen) atoms. The number of rotatable bonds is 4. The van der Waals surface area contributed by atoms with Gasteiger partial charge in [0.2, 0.25) is 0 Å². The van der Waals surface area contributed by atoms with Crippen molar-refractivity contribution in [3.63, 3.8) is 0 Å². The summed E-state index contributed by atoms with van der Waals surface area (Å²) < 4.78 is 7.43. The fourth-order valence-electron chi connectivity index (χ4n) is 2.83. The number of anilines is 1. The predicted octanol–water partition coefficient (Wildman–Crippen LogP) is 4.22. The molecule has 3 aromatic heterocycles. The summed E-state index contributed by atoms with van der Waals surface area (Å²) >= 11 is 0. The van der Waals surface area contributed by atoms with Crippen LogP contribution in [0.4, 0.5) is 5.69 Å². The van der Waals surface area contributed by atoms with Crippen LogP contribution in [0.3, 0.4) is 0 Å². The Kier molecular flexibility index (Phi) is 3.54. The maximum Gasteiger partial charge on any atom is 0.162 e. The first-order valence-electron chi connectivity index (χ1n) is 7.89. The third-order valence-electron chi connectivity index (χ3n) is 4.05. The second-order valence-electron chi connectivity index (χ2n) is 5.83. The van der Waals surface area contributed by atoms with Crippen LogP contribution in [-0.4, -0.2) is 14.4 Å². The van der Waals surface area contributed by atoms with Gasteiger partial charge in [0.05, 0.1) is 12.8 Å². The zero-order valence-corrected chi connectivity index (χ0v) is 13.7. The third-order valence-corrected chi connectivity index (χ3v) is 4.05. The summed E-state index contributed by atoms with van der Waals surface area (Å²) in [6, 6.07) is 14.1. The molecule has 0 atom stereocenters. The minimum atomic E-state index is 0.631. The average molecular weight is 318 g/mol. The van der Waals surface area contributed by atoms with Gasteiger partial charge in [0.15, 0.2) is 5.65 Å². The summed E-state index contributed by atoms with van der Waals surface area (Å²) in [5.74, 6) is 0.872. The van der Waals surface area contributed by atoms with E-state index in [2.05, 4.69) is 28.3 Å². The molecule has 5 heteroatoms. The fraction of sp³-hybridized carbons (Fsp3) is 0.158. The van der Waals surface area contributed by atoms with Crippen molar-refractivity contribution >= 4 is 11.3 Å². The molecule has 0 aliphatic heterocycles. The molecule has 0 amide bonds. The minimum Gasteiger partial charge on any atom is -0.464 e. The standard InChI is InChI=1S/C19H18N4O/c1-13-10-14(2)23-12-21-17(19(23)22-13)11-20-16-7-5-15(6-8-16)18-4-3-9-24-18/h3-10,12,20H,11H2,1-2H3. The summed E-state index contributed by atoms with van der Waals surface area (Å²) in [4.78, 5) is 9.10. The van der Waals surface area contributed by atoms with Crippen LogP contribution < -0.4 is 5.32 Å². The first kappa shape index (κ1) is 14.5. The number of imidazole rings is 1. The number of furan rings is 1. The molecule has 0 spiro atoms. The Morgan fingerprint density at radius 2 is 1.96 bits per heavy atom. The molecule has 5 nitrogen and oxygen atoms in total. The smallest absolute Gasteiger partial charge is 0.162 e. The molecule has 1 N–H and O–H groups in total. The first-order valence-corrected chi connectivity index (χ1v) is 7.89. The molecule has 0 aliphatic carbocycles. The predicted molar refractivity (Wildman–Crippen MR) is 93.9 cm³/mol. The van der Waals surface area contributed by atoms with Gasteiger partial charge < -0.3 is 9.73 Å². The monoisotopic (exact) mass is 318 g/mol. The van der Waals surface area contributed by atoms with E-state index >= 15 is 0 Å². The average Bonchev–Trinajstić information content (AvgIpc) is 3.23. The van der Waals surface area contributed by atoms with Crippen LogP contribution in [0.15, 0.2) is 59.5 Å². The van der Waals surface area contributed by atoms with E-state index < -0.39 is 0 Å². The van der Waals surface area contributed by atoms with Crippen LogP contribution >= 0.6 is 0 Å². The highest BCUT2D eigenvalue weighted by molar-refractivity contribution is 5.61. The van der Waals surface area contributed by atoms with Crippen LogP contribution in [0.25, 0.3) is 17.0 Å². The molecule has 4 aromatic rings. The molecular formula is C19H18N4O. The Morgan fingerprint density at radius 1 is 1.12 bits per heavy atom. The zero-order valence-electron chi connectivity index (χ0n) is 13.7. The van der Waals surface area contributed by atoms with E-state index in [1.807, 2.05) is 54.0 Å². The molecule has 0 aliphatic rings. The van der Waals surface area contributed by atoms with Crippen molar-refractivity contribution in [3.05, 3.63) is 72.1 Å². The minimum absolute atomic E-state index is 0.631. The van der Waals surface area contributed by atoms with E-state index in [1.165, 1.54) is 0 Å². The third kappa shape index (κ3) is 2.65. The van der Waals surface area contributed by atoms with Gasteiger partial charge in [-0.3, -0.25) is 4.40 Å². The number of benzene rings is 1. The highest BCUT2D eigenvalue weighted by Gasteiger charge is 2.08. The van der Waals surface area contributed by atoms with Gasteiger partial charge in [-0.05, 0) is 56.3 Å². The number of nitrogens with zero attached hydrogens (tertiary/aromatic N) is 3. The number of aryl methyl sites for hydroxylation is 2. The van der Waals surface area contributed by atoms with Crippen LogP contribution in [0.2, 0.25) is 0 Å². The van der Waals surface area contributed by atoms with Gasteiger partial charge in [-0.15, -0.1) is 0 Å². The van der Waals surface area contributed by atoms with E-state index in [4.69, 9.17) is 4.42 Å². The van der Waals surface area contributed by atoms with Crippen LogP contribution in [0.5, 0.6) is 0 Å². The molecule has 120 valence electrons. The highest BCUT2D eigenvalue weighted by atomic mass is 16.3. The lowest BCUT2D eigenvalue weighted by molar-refractivity contribution is 0.582. The van der Waals surface area contributed by atoms with Crippen molar-refractivity contribution in [3.8, 4) is 11.3 Å². The first-order chi connectivity index (χ1) is 11.7. The normalized spacial score (nSPS) is 11.1. The van der Waals surface area contributed by atoms with E-state index in [1.54, 1.807) is 6.26 Å². The molecule has 0 radical (unpaired) electrons. The van der Waals surface area contributed by atoms with E-state index in [9.17, 15) is 0 Å². The van der Waals surface area contributed by atoms with Gasteiger partial charge in [0.25, 0.3) is 0 Å². The summed E-state index contributed by atoms with van der Waals surface area (Å²) in [6.07, 6.45) is 3.51. The largest absolute Gasteiger partial charge is 0.464 e. The van der Waals surface area contributed by atoms with Gasteiger partial charge in [0, 0.05) is 22.6 Å². The number of fused-ring (bicyclic) bond motifs is 1. The van der Waals surface area contributed by atoms with E-state index in [0.29, 0.717) is 6.54 Å². The van der Waals surface area contributed by atoms with Gasteiger partial charge >= 0.3 is 0 Å². The molecule has 0 unspecified atom stereocenters. The molecule has 3 heterocycles. The molecule has 0 fully saturated rings. The molecule has 4 rings (SSSR count). The van der Waals surface area contributed by atoms with Crippen molar-refractivity contribution in [2.24, 2.45) is 0 Å². The Bertz CT molecular complexity index is 969. The Hall–Kier alpha value is -3.08. The second kappa shape index (κ2) is 5.85. The lowest BCUT2D eigenvalue weighted by Crippen LogP contribution is -2.02. The van der Waals surface area contributed by atoms with Crippen molar-refractivity contribution in [1.29, 1.82) is 0 Å². The van der Waals surface area contributed by atoms with Gasteiger partial charge in [-0.25, -0.2) is 9.97 Å². The number of nitrogens with one attached hydrogen (secondary N) is 1. The maximum atomic E-state index is 5.41. The molecule has 1 aromatic carbocycles. The van der Waals surface area contributed by atoms with E-state index in [-0.39, 0.29) is 0 Å².